The highest BCUT2D eigenvalue weighted by Crippen LogP contribution is 2.39. The van der Waals surface area contributed by atoms with Crippen molar-refractivity contribution in [2.75, 3.05) is 20.3 Å². The van der Waals surface area contributed by atoms with Crippen LogP contribution in [0.2, 0.25) is 0 Å². The van der Waals surface area contributed by atoms with E-state index in [4.69, 9.17) is 9.47 Å². The zero-order valence-electron chi connectivity index (χ0n) is 19.1. The molecule has 174 valence electrons. The molecular weight excluding hydrogens is 432 g/mol. The van der Waals surface area contributed by atoms with Gasteiger partial charge in [-0.25, -0.2) is 0 Å². The van der Waals surface area contributed by atoms with Crippen LogP contribution in [0.3, 0.4) is 0 Å². The summed E-state index contributed by atoms with van der Waals surface area (Å²) in [4.78, 5) is 31.3. The molecular formula is C27H26N2O5. The molecule has 2 heterocycles. The third-order valence-electron chi connectivity index (χ3n) is 5.80. The summed E-state index contributed by atoms with van der Waals surface area (Å²) in [6, 6.07) is 17.8. The van der Waals surface area contributed by atoms with Crippen molar-refractivity contribution in [1.29, 1.82) is 0 Å². The van der Waals surface area contributed by atoms with Crippen molar-refractivity contribution in [3.8, 4) is 5.75 Å². The highest BCUT2D eigenvalue weighted by molar-refractivity contribution is 6.46. The molecule has 0 unspecified atom stereocenters. The van der Waals surface area contributed by atoms with Gasteiger partial charge >= 0.3 is 0 Å². The molecule has 1 fully saturated rings. The summed E-state index contributed by atoms with van der Waals surface area (Å²) in [5, 5.41) is 11.3. The average molecular weight is 459 g/mol. The predicted molar refractivity (Wildman–Crippen MR) is 127 cm³/mol. The molecule has 0 saturated carbocycles. The highest BCUT2D eigenvalue weighted by Gasteiger charge is 2.46. The van der Waals surface area contributed by atoms with Crippen LogP contribution < -0.4 is 4.74 Å². The average Bonchev–Trinajstić information content (AvgIpc) is 3.12. The zero-order valence-corrected chi connectivity index (χ0v) is 19.1. The fourth-order valence-electron chi connectivity index (χ4n) is 4.07. The van der Waals surface area contributed by atoms with Crippen LogP contribution in [0.25, 0.3) is 5.76 Å². The van der Waals surface area contributed by atoms with Gasteiger partial charge < -0.3 is 19.5 Å². The molecule has 3 aromatic rings. The molecule has 1 N–H and O–H groups in total. The molecule has 0 bridgehead atoms. The highest BCUT2D eigenvalue weighted by atomic mass is 16.5. The van der Waals surface area contributed by atoms with Gasteiger partial charge in [0.2, 0.25) is 0 Å². The lowest BCUT2D eigenvalue weighted by molar-refractivity contribution is -0.140. The number of ketones is 1. The Hall–Kier alpha value is -3.97. The number of carbonyl (C=O) groups is 2. The fraction of sp³-hybridized carbons (Fsp3) is 0.222. The number of Topliss-reactive ketones (excluding diaryl/α,β-unsaturated/α-hetero) is 1. The summed E-state index contributed by atoms with van der Waals surface area (Å²) in [7, 11) is 1.53. The lowest BCUT2D eigenvalue weighted by Gasteiger charge is -2.25. The number of aliphatic hydroxyl groups excluding tert-OH is 1. The second-order valence-corrected chi connectivity index (χ2v) is 8.02. The third kappa shape index (κ3) is 4.70. The number of benzene rings is 2. The van der Waals surface area contributed by atoms with Crippen LogP contribution in [-0.2, 0) is 20.9 Å². The maximum absolute atomic E-state index is 13.0. The predicted octanol–water partition coefficient (Wildman–Crippen LogP) is 4.04. The van der Waals surface area contributed by atoms with Gasteiger partial charge in [0.15, 0.2) is 0 Å². The summed E-state index contributed by atoms with van der Waals surface area (Å²) < 4.78 is 11.0. The summed E-state index contributed by atoms with van der Waals surface area (Å²) in [6.07, 6.45) is 3.19. The van der Waals surface area contributed by atoms with Crippen molar-refractivity contribution in [2.24, 2.45) is 0 Å². The molecule has 1 aliphatic rings. The number of ether oxygens (including phenoxy) is 2. The van der Waals surface area contributed by atoms with E-state index < -0.39 is 17.7 Å². The monoisotopic (exact) mass is 458 g/mol. The van der Waals surface area contributed by atoms with E-state index in [1.807, 2.05) is 37.3 Å². The Morgan fingerprint density at radius 1 is 1.06 bits per heavy atom. The summed E-state index contributed by atoms with van der Waals surface area (Å²) >= 11 is 0. The normalized spacial score (nSPS) is 17.2. The van der Waals surface area contributed by atoms with Gasteiger partial charge in [-0.3, -0.25) is 14.6 Å². The van der Waals surface area contributed by atoms with Gasteiger partial charge in [-0.1, -0.05) is 30.3 Å². The number of amides is 1. The van der Waals surface area contributed by atoms with E-state index in [0.717, 1.165) is 11.1 Å². The van der Waals surface area contributed by atoms with Crippen molar-refractivity contribution in [1.82, 2.24) is 9.88 Å². The zero-order chi connectivity index (χ0) is 24.1. The Kier molecular flexibility index (Phi) is 7.04. The van der Waals surface area contributed by atoms with E-state index in [1.54, 1.807) is 42.7 Å². The van der Waals surface area contributed by atoms with E-state index in [2.05, 4.69) is 4.98 Å². The van der Waals surface area contributed by atoms with Gasteiger partial charge in [-0.15, -0.1) is 0 Å². The number of carbonyl (C=O) groups excluding carboxylic acids is 2. The Balaban J connectivity index is 1.68. The first-order valence-corrected chi connectivity index (χ1v) is 11.0. The van der Waals surface area contributed by atoms with E-state index in [1.165, 1.54) is 12.0 Å². The molecule has 1 aliphatic heterocycles. The Bertz CT molecular complexity index is 1210. The molecule has 1 atom stereocenters. The molecule has 1 amide bonds. The number of aromatic nitrogens is 1. The molecule has 2 aromatic carbocycles. The van der Waals surface area contributed by atoms with E-state index in [-0.39, 0.29) is 24.5 Å². The van der Waals surface area contributed by atoms with Crippen LogP contribution in [0.15, 0.2) is 78.6 Å². The minimum atomic E-state index is -0.730. The minimum Gasteiger partial charge on any atom is -0.507 e. The van der Waals surface area contributed by atoms with Crippen molar-refractivity contribution >= 4 is 17.4 Å². The van der Waals surface area contributed by atoms with E-state index in [9.17, 15) is 14.7 Å². The molecule has 1 aromatic heterocycles. The van der Waals surface area contributed by atoms with Gasteiger partial charge in [0.1, 0.15) is 18.1 Å². The van der Waals surface area contributed by atoms with E-state index >= 15 is 0 Å². The van der Waals surface area contributed by atoms with Gasteiger partial charge in [-0.05, 0) is 53.9 Å². The van der Waals surface area contributed by atoms with Crippen LogP contribution in [0, 0.1) is 6.92 Å². The SMILES string of the molecule is COCCN1C(=O)C(=O)C(=C(O)c2ccc(OCc3ccccc3)cc2C)[C@@H]1c1ccncc1. The molecule has 0 aliphatic carbocycles. The fourth-order valence-corrected chi connectivity index (χ4v) is 4.07. The first-order valence-electron chi connectivity index (χ1n) is 11.0. The van der Waals surface area contributed by atoms with Crippen LogP contribution in [-0.4, -0.2) is 46.9 Å². The molecule has 1 saturated heterocycles. The number of likely N-dealkylation sites (tertiary alicyclic amines) is 1. The lowest BCUT2D eigenvalue weighted by Crippen LogP contribution is -2.32. The minimum absolute atomic E-state index is 0.0494. The molecule has 34 heavy (non-hydrogen) atoms. The van der Waals surface area contributed by atoms with Gasteiger partial charge in [-0.2, -0.15) is 0 Å². The Labute approximate surface area is 198 Å². The smallest absolute Gasteiger partial charge is 0.295 e. The molecule has 7 heteroatoms. The molecule has 7 nitrogen and oxygen atoms in total. The lowest BCUT2D eigenvalue weighted by atomic mass is 9.94. The van der Waals surface area contributed by atoms with Gasteiger partial charge in [0.05, 0.1) is 18.2 Å². The number of hydrogen-bond donors (Lipinski definition) is 1. The Morgan fingerprint density at radius 3 is 2.47 bits per heavy atom. The number of pyridine rings is 1. The van der Waals surface area contributed by atoms with Crippen molar-refractivity contribution in [2.45, 2.75) is 19.6 Å². The molecule has 4 rings (SSSR count). The van der Waals surface area contributed by atoms with Crippen molar-refractivity contribution < 1.29 is 24.2 Å². The van der Waals surface area contributed by atoms with E-state index in [0.29, 0.717) is 23.5 Å². The number of rotatable bonds is 8. The van der Waals surface area contributed by atoms with Crippen LogP contribution in [0.1, 0.15) is 28.3 Å². The number of hydrogen-bond acceptors (Lipinski definition) is 6. The second kappa shape index (κ2) is 10.3. The quantitative estimate of drug-likeness (QED) is 0.311. The summed E-state index contributed by atoms with van der Waals surface area (Å²) in [5.41, 5.74) is 2.97. The van der Waals surface area contributed by atoms with Crippen molar-refractivity contribution in [3.05, 3.63) is 101 Å². The maximum atomic E-state index is 13.0. The largest absolute Gasteiger partial charge is 0.507 e. The number of aliphatic hydroxyl groups is 1. The van der Waals surface area contributed by atoms with Crippen LogP contribution in [0.5, 0.6) is 5.75 Å². The van der Waals surface area contributed by atoms with Gasteiger partial charge in [0, 0.05) is 31.6 Å². The number of methoxy groups -OCH3 is 1. The van der Waals surface area contributed by atoms with Crippen molar-refractivity contribution in [3.63, 3.8) is 0 Å². The van der Waals surface area contributed by atoms with Crippen LogP contribution in [0.4, 0.5) is 0 Å². The number of aryl methyl sites for hydroxylation is 1. The first-order chi connectivity index (χ1) is 16.5. The molecule has 0 radical (unpaired) electrons. The third-order valence-corrected chi connectivity index (χ3v) is 5.80. The first kappa shape index (κ1) is 23.2. The molecule has 0 spiro atoms. The topological polar surface area (TPSA) is 89.0 Å². The Morgan fingerprint density at radius 2 is 1.79 bits per heavy atom. The maximum Gasteiger partial charge on any atom is 0.295 e. The summed E-state index contributed by atoms with van der Waals surface area (Å²) in [6.45, 7) is 2.72. The van der Waals surface area contributed by atoms with Gasteiger partial charge in [0.25, 0.3) is 11.7 Å². The second-order valence-electron chi connectivity index (χ2n) is 8.02. The standard InChI is InChI=1S/C27H26N2O5/c1-18-16-21(34-17-19-6-4-3-5-7-19)8-9-22(18)25(30)23-24(20-10-12-28-13-11-20)29(14-15-33-2)27(32)26(23)31/h3-13,16,24,30H,14-15,17H2,1-2H3/t24-/m0/s1. The summed E-state index contributed by atoms with van der Waals surface area (Å²) in [5.74, 6) is -0.962. The number of nitrogens with zero attached hydrogens (tertiary/aromatic N) is 2. The van der Waals surface area contributed by atoms with Crippen LogP contribution >= 0.6 is 0 Å².